The largest absolute Gasteiger partial charge is 0.496 e. The maximum atomic E-state index is 13.1. The molecule has 9 heteroatoms. The first kappa shape index (κ1) is 26.9. The van der Waals surface area contributed by atoms with Crippen LogP contribution in [0.4, 0.5) is 18.9 Å². The zero-order chi connectivity index (χ0) is 26.4. The van der Waals surface area contributed by atoms with Crippen LogP contribution in [0.25, 0.3) is 0 Å². The molecular formula is C28H30F3N3O2S. The quantitative estimate of drug-likeness (QED) is 0.377. The van der Waals surface area contributed by atoms with Crippen LogP contribution in [-0.4, -0.2) is 62.6 Å². The Balaban J connectivity index is 1.32. The molecular weight excluding hydrogens is 499 g/mol. The lowest BCUT2D eigenvalue weighted by molar-refractivity contribution is -0.137. The molecule has 0 aliphatic carbocycles. The second-order valence-electron chi connectivity index (χ2n) is 8.92. The molecule has 0 spiro atoms. The maximum absolute atomic E-state index is 13.1. The Morgan fingerprint density at radius 2 is 1.62 bits per heavy atom. The number of halogens is 3. The molecule has 37 heavy (non-hydrogen) atoms. The number of nitrogens with zero attached hydrogens (tertiary/aromatic N) is 3. The van der Waals surface area contributed by atoms with E-state index in [9.17, 15) is 18.0 Å². The molecule has 0 atom stereocenters. The van der Waals surface area contributed by atoms with Crippen LogP contribution in [-0.2, 0) is 17.5 Å². The Morgan fingerprint density at radius 1 is 0.946 bits per heavy atom. The molecule has 1 saturated heterocycles. The van der Waals surface area contributed by atoms with Gasteiger partial charge in [-0.3, -0.25) is 9.69 Å². The van der Waals surface area contributed by atoms with E-state index in [1.165, 1.54) is 12.1 Å². The highest BCUT2D eigenvalue weighted by Crippen LogP contribution is 2.36. The Hall–Kier alpha value is -3.17. The van der Waals surface area contributed by atoms with Crippen molar-refractivity contribution in [2.45, 2.75) is 22.5 Å². The monoisotopic (exact) mass is 529 g/mol. The molecule has 1 aliphatic rings. The predicted octanol–water partition coefficient (Wildman–Crippen LogP) is 5.65. The van der Waals surface area contributed by atoms with Gasteiger partial charge in [0.15, 0.2) is 0 Å². The van der Waals surface area contributed by atoms with Crippen LogP contribution in [0.15, 0.2) is 82.6 Å². The number of benzene rings is 3. The van der Waals surface area contributed by atoms with Gasteiger partial charge in [-0.15, -0.1) is 0 Å². The number of methoxy groups -OCH3 is 1. The Labute approximate surface area is 219 Å². The normalized spacial score (nSPS) is 14.5. The van der Waals surface area contributed by atoms with Gasteiger partial charge in [0.25, 0.3) is 0 Å². The molecule has 0 N–H and O–H groups in total. The Bertz CT molecular complexity index is 1210. The number of rotatable bonds is 8. The van der Waals surface area contributed by atoms with Crippen LogP contribution < -0.4 is 9.64 Å². The summed E-state index contributed by atoms with van der Waals surface area (Å²) in [6.07, 6.45) is -4.36. The van der Waals surface area contributed by atoms with Gasteiger partial charge in [0.05, 0.1) is 24.1 Å². The summed E-state index contributed by atoms with van der Waals surface area (Å²) < 4.78 is 44.7. The minimum absolute atomic E-state index is 0.00427. The van der Waals surface area contributed by atoms with Gasteiger partial charge in [-0.25, -0.2) is 0 Å². The van der Waals surface area contributed by atoms with Gasteiger partial charge in [-0.05, 0) is 42.0 Å². The molecule has 0 radical (unpaired) electrons. The van der Waals surface area contributed by atoms with Gasteiger partial charge in [0.2, 0.25) is 5.91 Å². The number of carbonyl (C=O) groups is 1. The van der Waals surface area contributed by atoms with E-state index in [4.69, 9.17) is 4.74 Å². The van der Waals surface area contributed by atoms with Crippen LogP contribution in [0.1, 0.15) is 11.1 Å². The van der Waals surface area contributed by atoms with E-state index in [2.05, 4.69) is 4.90 Å². The van der Waals surface area contributed by atoms with Crippen LogP contribution >= 0.6 is 11.8 Å². The highest BCUT2D eigenvalue weighted by atomic mass is 32.2. The minimum atomic E-state index is -4.36. The summed E-state index contributed by atoms with van der Waals surface area (Å²) in [4.78, 5) is 20.8. The molecule has 5 nitrogen and oxygen atoms in total. The maximum Gasteiger partial charge on any atom is 0.416 e. The van der Waals surface area contributed by atoms with Gasteiger partial charge < -0.3 is 14.5 Å². The molecule has 3 aromatic rings. The zero-order valence-electron chi connectivity index (χ0n) is 20.9. The summed E-state index contributed by atoms with van der Waals surface area (Å²) in [7, 11) is 3.45. The van der Waals surface area contributed by atoms with Crippen molar-refractivity contribution < 1.29 is 22.7 Å². The summed E-state index contributed by atoms with van der Waals surface area (Å²) in [6, 6.07) is 21.2. The zero-order valence-corrected chi connectivity index (χ0v) is 21.7. The van der Waals surface area contributed by atoms with Crippen molar-refractivity contribution in [1.29, 1.82) is 0 Å². The summed E-state index contributed by atoms with van der Waals surface area (Å²) in [5.41, 5.74) is 0.957. The van der Waals surface area contributed by atoms with Crippen LogP contribution in [0, 0.1) is 0 Å². The third-order valence-corrected chi connectivity index (χ3v) is 7.54. The molecule has 1 fully saturated rings. The topological polar surface area (TPSA) is 36.0 Å². The van der Waals surface area contributed by atoms with Gasteiger partial charge in [0.1, 0.15) is 5.75 Å². The lowest BCUT2D eigenvalue weighted by atomic mass is 10.1. The van der Waals surface area contributed by atoms with E-state index < -0.39 is 11.7 Å². The molecule has 3 aromatic carbocycles. The fourth-order valence-electron chi connectivity index (χ4n) is 4.25. The van der Waals surface area contributed by atoms with Crippen molar-refractivity contribution in [3.05, 3.63) is 83.9 Å². The molecule has 1 heterocycles. The minimum Gasteiger partial charge on any atom is -0.496 e. The lowest BCUT2D eigenvalue weighted by Gasteiger charge is -2.36. The van der Waals surface area contributed by atoms with E-state index >= 15 is 0 Å². The number of carbonyl (C=O) groups excluding carboxylic acids is 1. The van der Waals surface area contributed by atoms with E-state index in [0.29, 0.717) is 38.4 Å². The van der Waals surface area contributed by atoms with Gasteiger partial charge in [-0.1, -0.05) is 48.2 Å². The van der Waals surface area contributed by atoms with E-state index in [0.717, 1.165) is 27.2 Å². The summed E-state index contributed by atoms with van der Waals surface area (Å²) in [5.74, 6) is 0.806. The number of para-hydroxylation sites is 1. The molecule has 0 aromatic heterocycles. The number of anilines is 1. The first-order valence-electron chi connectivity index (χ1n) is 12.0. The fraction of sp³-hybridized carbons (Fsp3) is 0.321. The number of likely N-dealkylation sites (N-methyl/N-ethyl adjacent to an activating group) is 1. The number of piperazine rings is 1. The van der Waals surface area contributed by atoms with Crippen molar-refractivity contribution in [3.63, 3.8) is 0 Å². The standard InChI is InChI=1S/C28H30F3N3O2S/c1-32(19-21-8-3-5-12-25(21)37-26-13-6-4-11-24(26)36-2)27(35)20-33-14-16-34(17-15-33)23-10-7-9-22(18-23)28(29,30)31/h3-13,18H,14-17,19-20H2,1-2H3. The SMILES string of the molecule is COc1ccccc1Sc1ccccc1CN(C)C(=O)CN1CCN(c2cccc(C(F)(F)F)c2)CC1. The van der Waals surface area contributed by atoms with Crippen molar-refractivity contribution >= 4 is 23.4 Å². The summed E-state index contributed by atoms with van der Waals surface area (Å²) >= 11 is 1.61. The third-order valence-electron chi connectivity index (χ3n) is 6.36. The van der Waals surface area contributed by atoms with Gasteiger partial charge in [0, 0.05) is 50.4 Å². The van der Waals surface area contributed by atoms with Crippen molar-refractivity contribution in [3.8, 4) is 5.75 Å². The van der Waals surface area contributed by atoms with Gasteiger partial charge in [-0.2, -0.15) is 13.2 Å². The van der Waals surface area contributed by atoms with E-state index in [1.807, 2.05) is 53.4 Å². The van der Waals surface area contributed by atoms with Crippen molar-refractivity contribution in [1.82, 2.24) is 9.80 Å². The van der Waals surface area contributed by atoms with Crippen LogP contribution in [0.2, 0.25) is 0 Å². The number of alkyl halides is 3. The van der Waals surface area contributed by atoms with E-state index in [1.54, 1.807) is 36.9 Å². The molecule has 0 bridgehead atoms. The van der Waals surface area contributed by atoms with Crippen molar-refractivity contribution in [2.24, 2.45) is 0 Å². The average Bonchev–Trinajstić information content (AvgIpc) is 2.90. The molecule has 4 rings (SSSR count). The smallest absolute Gasteiger partial charge is 0.416 e. The number of amides is 1. The molecule has 1 aliphatic heterocycles. The predicted molar refractivity (Wildman–Crippen MR) is 140 cm³/mol. The summed E-state index contributed by atoms with van der Waals surface area (Å²) in [6.45, 7) is 3.09. The second kappa shape index (κ2) is 11.9. The number of hydrogen-bond acceptors (Lipinski definition) is 5. The van der Waals surface area contributed by atoms with Gasteiger partial charge >= 0.3 is 6.18 Å². The highest BCUT2D eigenvalue weighted by Gasteiger charge is 2.31. The number of ether oxygens (including phenoxy) is 1. The van der Waals surface area contributed by atoms with Crippen LogP contribution in [0.5, 0.6) is 5.75 Å². The summed E-state index contributed by atoms with van der Waals surface area (Å²) in [5, 5.41) is 0. The molecule has 0 unspecified atom stereocenters. The molecule has 196 valence electrons. The van der Waals surface area contributed by atoms with E-state index in [-0.39, 0.29) is 12.5 Å². The fourth-order valence-corrected chi connectivity index (χ4v) is 5.30. The first-order valence-corrected chi connectivity index (χ1v) is 12.8. The molecule has 1 amide bonds. The third kappa shape index (κ3) is 6.99. The second-order valence-corrected chi connectivity index (χ2v) is 10.0. The highest BCUT2D eigenvalue weighted by molar-refractivity contribution is 7.99. The van der Waals surface area contributed by atoms with Crippen LogP contribution in [0.3, 0.4) is 0 Å². The number of hydrogen-bond donors (Lipinski definition) is 0. The van der Waals surface area contributed by atoms with Crippen molar-refractivity contribution in [2.75, 3.05) is 51.8 Å². The molecule has 0 saturated carbocycles. The average molecular weight is 530 g/mol. The Kier molecular flexibility index (Phi) is 8.66. The lowest BCUT2D eigenvalue weighted by Crippen LogP contribution is -2.49. The Morgan fingerprint density at radius 3 is 2.32 bits per heavy atom. The first-order chi connectivity index (χ1) is 17.7.